The summed E-state index contributed by atoms with van der Waals surface area (Å²) in [5, 5.41) is 0. The lowest BCUT2D eigenvalue weighted by Gasteiger charge is -2.22. The van der Waals surface area contributed by atoms with Gasteiger partial charge in [0.05, 0.1) is 0 Å². The van der Waals surface area contributed by atoms with E-state index in [1.165, 1.54) is 6.66 Å². The van der Waals surface area contributed by atoms with Gasteiger partial charge < -0.3 is 4.89 Å². The topological polar surface area (TPSA) is 54.4 Å². The molecule has 64 valence electrons. The van der Waals surface area contributed by atoms with E-state index >= 15 is 0 Å². The largest absolute Gasteiger partial charge is 0.344 e. The summed E-state index contributed by atoms with van der Waals surface area (Å²) in [6.45, 7) is 1.34. The molecule has 0 heterocycles. The molecule has 0 radical (unpaired) electrons. The van der Waals surface area contributed by atoms with E-state index in [1.54, 1.807) is 0 Å². The SMILES string of the molecule is CP(=O)(O)C1CCCC(=O)C1. The highest BCUT2D eigenvalue weighted by Gasteiger charge is 2.30. The Morgan fingerprint density at radius 3 is 2.64 bits per heavy atom. The molecule has 0 aromatic heterocycles. The summed E-state index contributed by atoms with van der Waals surface area (Å²) in [7, 11) is -3.00. The molecule has 0 saturated heterocycles. The van der Waals surface area contributed by atoms with E-state index in [2.05, 4.69) is 0 Å². The van der Waals surface area contributed by atoms with Crippen molar-refractivity contribution < 1.29 is 14.3 Å². The molecule has 0 bridgehead atoms. The van der Waals surface area contributed by atoms with Crippen LogP contribution < -0.4 is 0 Å². The molecule has 11 heavy (non-hydrogen) atoms. The second-order valence-corrected chi connectivity index (χ2v) is 5.85. The third-order valence-corrected chi connectivity index (χ3v) is 3.93. The number of ketones is 1. The van der Waals surface area contributed by atoms with Crippen LogP contribution in [-0.4, -0.2) is 23.0 Å². The monoisotopic (exact) mass is 176 g/mol. The Bertz CT molecular complexity index is 206. The van der Waals surface area contributed by atoms with Gasteiger partial charge in [0.25, 0.3) is 0 Å². The molecule has 1 aliphatic carbocycles. The van der Waals surface area contributed by atoms with Crippen LogP contribution in [-0.2, 0) is 9.36 Å². The van der Waals surface area contributed by atoms with Crippen LogP contribution >= 0.6 is 7.37 Å². The van der Waals surface area contributed by atoms with Gasteiger partial charge in [0.15, 0.2) is 0 Å². The molecule has 1 N–H and O–H groups in total. The molecule has 0 aliphatic heterocycles. The second-order valence-electron chi connectivity index (χ2n) is 3.23. The maximum Gasteiger partial charge on any atom is 0.201 e. The van der Waals surface area contributed by atoms with Gasteiger partial charge >= 0.3 is 0 Å². The average molecular weight is 176 g/mol. The quantitative estimate of drug-likeness (QED) is 0.614. The van der Waals surface area contributed by atoms with Crippen LogP contribution in [0.3, 0.4) is 0 Å². The fourth-order valence-electron chi connectivity index (χ4n) is 1.41. The summed E-state index contributed by atoms with van der Waals surface area (Å²) < 4.78 is 11.1. The van der Waals surface area contributed by atoms with Gasteiger partial charge in [0.1, 0.15) is 5.78 Å². The highest BCUT2D eigenvalue weighted by Crippen LogP contribution is 2.47. The molecule has 1 rings (SSSR count). The van der Waals surface area contributed by atoms with Crippen molar-refractivity contribution in [3.63, 3.8) is 0 Å². The maximum atomic E-state index is 11.1. The summed E-state index contributed by atoms with van der Waals surface area (Å²) >= 11 is 0. The molecule has 0 amide bonds. The standard InChI is InChI=1S/C7H13O3P/c1-11(9,10)7-4-2-3-6(8)5-7/h7H,2-5H2,1H3,(H,9,10). The summed E-state index contributed by atoms with van der Waals surface area (Å²) in [4.78, 5) is 20.1. The van der Waals surface area contributed by atoms with Gasteiger partial charge in [-0.3, -0.25) is 9.36 Å². The van der Waals surface area contributed by atoms with Gasteiger partial charge in [-0.05, 0) is 12.8 Å². The van der Waals surface area contributed by atoms with E-state index in [4.69, 9.17) is 4.89 Å². The number of hydrogen-bond acceptors (Lipinski definition) is 2. The smallest absolute Gasteiger partial charge is 0.201 e. The van der Waals surface area contributed by atoms with Crippen molar-refractivity contribution in [2.45, 2.75) is 31.3 Å². The molecular formula is C7H13O3P. The van der Waals surface area contributed by atoms with Gasteiger partial charge in [0.2, 0.25) is 7.37 Å². The third kappa shape index (κ3) is 2.42. The Hall–Kier alpha value is -0.140. The summed E-state index contributed by atoms with van der Waals surface area (Å²) in [6.07, 6.45) is 2.42. The zero-order valence-corrected chi connectivity index (χ0v) is 7.51. The van der Waals surface area contributed by atoms with Crippen molar-refractivity contribution in [3.05, 3.63) is 0 Å². The highest BCUT2D eigenvalue weighted by molar-refractivity contribution is 7.58. The second kappa shape index (κ2) is 3.08. The first-order valence-corrected chi connectivity index (χ1v) is 5.99. The molecule has 1 saturated carbocycles. The van der Waals surface area contributed by atoms with Crippen LogP contribution in [0, 0.1) is 0 Å². The van der Waals surface area contributed by atoms with Crippen LogP contribution in [0.15, 0.2) is 0 Å². The van der Waals surface area contributed by atoms with Crippen molar-refractivity contribution in [2.24, 2.45) is 0 Å². The molecule has 2 atom stereocenters. The zero-order chi connectivity index (χ0) is 8.48. The first-order valence-electron chi connectivity index (χ1n) is 3.82. The van der Waals surface area contributed by atoms with Crippen molar-refractivity contribution in [3.8, 4) is 0 Å². The molecular weight excluding hydrogens is 163 g/mol. The number of carbonyl (C=O) groups excluding carboxylic acids is 1. The number of carbonyl (C=O) groups is 1. The highest BCUT2D eigenvalue weighted by atomic mass is 31.2. The van der Waals surface area contributed by atoms with Crippen molar-refractivity contribution in [2.75, 3.05) is 6.66 Å². The predicted octanol–water partition coefficient (Wildman–Crippen LogP) is 1.40. The van der Waals surface area contributed by atoms with Crippen molar-refractivity contribution in [1.29, 1.82) is 0 Å². The van der Waals surface area contributed by atoms with Gasteiger partial charge in [0, 0.05) is 25.2 Å². The number of Topliss-reactive ketones (excluding diaryl/α,β-unsaturated/α-hetero) is 1. The fourth-order valence-corrected chi connectivity index (χ4v) is 2.61. The Morgan fingerprint density at radius 1 is 1.64 bits per heavy atom. The average Bonchev–Trinajstić information content (AvgIpc) is 1.86. The maximum absolute atomic E-state index is 11.1. The minimum Gasteiger partial charge on any atom is -0.344 e. The molecule has 0 aromatic carbocycles. The van der Waals surface area contributed by atoms with Gasteiger partial charge in [-0.15, -0.1) is 0 Å². The third-order valence-electron chi connectivity index (χ3n) is 2.13. The Balaban J connectivity index is 2.60. The van der Waals surface area contributed by atoms with Crippen LogP contribution in [0.25, 0.3) is 0 Å². The minimum atomic E-state index is -3.00. The van der Waals surface area contributed by atoms with E-state index < -0.39 is 7.37 Å². The Kier molecular flexibility index (Phi) is 2.50. The van der Waals surface area contributed by atoms with Crippen molar-refractivity contribution >= 4 is 13.2 Å². The lowest BCUT2D eigenvalue weighted by Crippen LogP contribution is -2.19. The van der Waals surface area contributed by atoms with Gasteiger partial charge in [-0.25, -0.2) is 0 Å². The molecule has 0 aromatic rings. The lowest BCUT2D eigenvalue weighted by molar-refractivity contribution is -0.120. The van der Waals surface area contributed by atoms with Gasteiger partial charge in [-0.1, -0.05) is 0 Å². The zero-order valence-electron chi connectivity index (χ0n) is 6.62. The Morgan fingerprint density at radius 2 is 2.27 bits per heavy atom. The molecule has 1 fully saturated rings. The number of hydrogen-bond donors (Lipinski definition) is 1. The van der Waals surface area contributed by atoms with Crippen LogP contribution in [0.1, 0.15) is 25.7 Å². The molecule has 1 aliphatic rings. The van der Waals surface area contributed by atoms with Crippen LogP contribution in [0.5, 0.6) is 0 Å². The molecule has 3 nitrogen and oxygen atoms in total. The lowest BCUT2D eigenvalue weighted by atomic mass is 9.99. The molecule has 4 heteroatoms. The number of rotatable bonds is 1. The first-order chi connectivity index (χ1) is 5.00. The minimum absolute atomic E-state index is 0.136. The predicted molar refractivity (Wildman–Crippen MR) is 43.0 cm³/mol. The summed E-state index contributed by atoms with van der Waals surface area (Å²) in [6, 6.07) is 0. The summed E-state index contributed by atoms with van der Waals surface area (Å²) in [5.74, 6) is 0.136. The van der Waals surface area contributed by atoms with Crippen LogP contribution in [0.2, 0.25) is 0 Å². The molecule has 2 unspecified atom stereocenters. The van der Waals surface area contributed by atoms with Crippen LogP contribution in [0.4, 0.5) is 0 Å². The van der Waals surface area contributed by atoms with Crippen molar-refractivity contribution in [1.82, 2.24) is 0 Å². The molecule has 0 spiro atoms. The van der Waals surface area contributed by atoms with E-state index in [0.717, 1.165) is 12.8 Å². The van der Waals surface area contributed by atoms with E-state index in [-0.39, 0.29) is 11.4 Å². The van der Waals surface area contributed by atoms with E-state index in [0.29, 0.717) is 12.8 Å². The van der Waals surface area contributed by atoms with E-state index in [1.807, 2.05) is 0 Å². The first kappa shape index (κ1) is 8.95. The van der Waals surface area contributed by atoms with E-state index in [9.17, 15) is 9.36 Å². The van der Waals surface area contributed by atoms with Gasteiger partial charge in [-0.2, -0.15) is 0 Å². The Labute approximate surface area is 66.3 Å². The normalized spacial score (nSPS) is 31.5. The fraction of sp³-hybridized carbons (Fsp3) is 0.857. The summed E-state index contributed by atoms with van der Waals surface area (Å²) in [5.41, 5.74) is -0.260.